The van der Waals surface area contributed by atoms with Crippen LogP contribution in [-0.4, -0.2) is 41.3 Å². The number of hydrogen-bond donors (Lipinski definition) is 2. The summed E-state index contributed by atoms with van der Waals surface area (Å²) >= 11 is 0.520. The normalized spacial score (nSPS) is 14.4. The van der Waals surface area contributed by atoms with E-state index in [1.165, 1.54) is 0 Å². The van der Waals surface area contributed by atoms with E-state index in [1.54, 1.807) is 0 Å². The second kappa shape index (κ2) is 7.23. The molecule has 0 saturated carbocycles. The maximum atomic E-state index is 11.9. The highest BCUT2D eigenvalue weighted by molar-refractivity contribution is 8.00. The lowest BCUT2D eigenvalue weighted by Gasteiger charge is -2.25. The summed E-state index contributed by atoms with van der Waals surface area (Å²) in [5.74, 6) is -1.77. The first-order valence-electron chi connectivity index (χ1n) is 5.58. The molecule has 0 spiro atoms. The molecule has 0 aromatic rings. The molecule has 108 valence electrons. The summed E-state index contributed by atoms with van der Waals surface area (Å²) in [5, 5.41) is 11.6. The molecular formula is C11H20F3NO2S. The van der Waals surface area contributed by atoms with Crippen LogP contribution in [0.25, 0.3) is 0 Å². The topological polar surface area (TPSA) is 49.3 Å². The molecule has 0 rings (SSSR count). The van der Waals surface area contributed by atoms with Crippen molar-refractivity contribution >= 4 is 17.7 Å². The van der Waals surface area contributed by atoms with Crippen LogP contribution in [0.1, 0.15) is 27.2 Å². The predicted molar refractivity (Wildman–Crippen MR) is 66.5 cm³/mol. The van der Waals surface area contributed by atoms with Crippen LogP contribution >= 0.6 is 11.8 Å². The first-order valence-corrected chi connectivity index (χ1v) is 6.74. The summed E-state index contributed by atoms with van der Waals surface area (Å²) in [5.41, 5.74) is -0.0697. The van der Waals surface area contributed by atoms with Crippen LogP contribution in [-0.2, 0) is 4.79 Å². The summed E-state index contributed by atoms with van der Waals surface area (Å²) in [6, 6.07) is -0.413. The van der Waals surface area contributed by atoms with E-state index in [2.05, 4.69) is 5.32 Å². The van der Waals surface area contributed by atoms with Gasteiger partial charge in [0, 0.05) is 0 Å². The van der Waals surface area contributed by atoms with Gasteiger partial charge in [-0.15, -0.1) is 11.8 Å². The van der Waals surface area contributed by atoms with E-state index < -0.39 is 23.9 Å². The Balaban J connectivity index is 3.98. The van der Waals surface area contributed by atoms with Gasteiger partial charge in [0.2, 0.25) is 5.91 Å². The number of alkyl halides is 3. The maximum Gasteiger partial charge on any atom is 0.397 e. The monoisotopic (exact) mass is 287 g/mol. The van der Waals surface area contributed by atoms with Gasteiger partial charge in [-0.2, -0.15) is 13.2 Å². The van der Waals surface area contributed by atoms with Crippen molar-refractivity contribution in [1.29, 1.82) is 0 Å². The van der Waals surface area contributed by atoms with E-state index in [4.69, 9.17) is 5.11 Å². The Kier molecular flexibility index (Phi) is 7.06. The Morgan fingerprint density at radius 2 is 1.89 bits per heavy atom. The fraction of sp³-hybridized carbons (Fsp3) is 0.909. The zero-order chi connectivity index (χ0) is 14.4. The average Bonchev–Trinajstić information content (AvgIpc) is 2.12. The fourth-order valence-electron chi connectivity index (χ4n) is 1.43. The first kappa shape index (κ1) is 17.6. The van der Waals surface area contributed by atoms with Gasteiger partial charge in [-0.25, -0.2) is 0 Å². The number of amides is 1. The summed E-state index contributed by atoms with van der Waals surface area (Å²) in [6.07, 6.45) is -3.69. The minimum Gasteiger partial charge on any atom is -0.394 e. The third-order valence-corrected chi connectivity index (χ3v) is 2.94. The minimum atomic E-state index is -4.26. The molecule has 0 aromatic carbocycles. The number of halogens is 3. The molecule has 0 heterocycles. The van der Waals surface area contributed by atoms with Gasteiger partial charge in [0.25, 0.3) is 0 Å². The van der Waals surface area contributed by atoms with Crippen molar-refractivity contribution in [1.82, 2.24) is 5.32 Å². The van der Waals surface area contributed by atoms with Crippen LogP contribution in [0.2, 0.25) is 0 Å². The zero-order valence-corrected chi connectivity index (χ0v) is 11.6. The third kappa shape index (κ3) is 10.7. The lowest BCUT2D eigenvalue weighted by molar-refractivity contribution is -0.119. The Bertz CT molecular complexity index is 264. The molecule has 1 unspecified atom stereocenters. The quantitative estimate of drug-likeness (QED) is 0.787. The molecule has 0 saturated heterocycles. The van der Waals surface area contributed by atoms with Crippen molar-refractivity contribution in [3.8, 4) is 0 Å². The van der Waals surface area contributed by atoms with Gasteiger partial charge >= 0.3 is 6.18 Å². The molecule has 18 heavy (non-hydrogen) atoms. The number of carbonyl (C=O) groups excluding carboxylic acids is 1. The highest BCUT2D eigenvalue weighted by atomic mass is 32.2. The number of aliphatic hydroxyl groups is 1. The highest BCUT2D eigenvalue weighted by Crippen LogP contribution is 2.22. The van der Waals surface area contributed by atoms with Gasteiger partial charge in [-0.1, -0.05) is 20.8 Å². The Labute approximate surface area is 110 Å². The van der Waals surface area contributed by atoms with E-state index in [9.17, 15) is 18.0 Å². The Morgan fingerprint density at radius 1 is 1.33 bits per heavy atom. The number of nitrogens with one attached hydrogen (secondary N) is 1. The summed E-state index contributed by atoms with van der Waals surface area (Å²) in [4.78, 5) is 11.4. The standard InChI is InChI=1S/C11H20F3NO2S/c1-10(2,3)4-8(5-16)15-9(17)6-18-7-11(12,13)14/h8,16H,4-7H2,1-3H3,(H,15,17). The molecular weight excluding hydrogens is 267 g/mol. The second-order valence-electron chi connectivity index (χ2n) is 5.32. The summed E-state index contributed by atoms with van der Waals surface area (Å²) in [7, 11) is 0. The largest absolute Gasteiger partial charge is 0.397 e. The molecule has 0 aliphatic carbocycles. The van der Waals surface area contributed by atoms with Crippen molar-refractivity contribution in [3.05, 3.63) is 0 Å². The molecule has 7 heteroatoms. The van der Waals surface area contributed by atoms with Gasteiger partial charge < -0.3 is 10.4 Å². The molecule has 3 nitrogen and oxygen atoms in total. The third-order valence-electron chi connectivity index (χ3n) is 1.94. The van der Waals surface area contributed by atoms with Crippen molar-refractivity contribution < 1.29 is 23.1 Å². The van der Waals surface area contributed by atoms with Gasteiger partial charge in [0.1, 0.15) is 0 Å². The summed E-state index contributed by atoms with van der Waals surface area (Å²) in [6.45, 7) is 5.66. The molecule has 0 aromatic heterocycles. The maximum absolute atomic E-state index is 11.9. The number of hydrogen-bond acceptors (Lipinski definition) is 3. The van der Waals surface area contributed by atoms with Crippen molar-refractivity contribution in [3.63, 3.8) is 0 Å². The molecule has 0 bridgehead atoms. The smallest absolute Gasteiger partial charge is 0.394 e. The lowest BCUT2D eigenvalue weighted by atomic mass is 9.88. The van der Waals surface area contributed by atoms with Gasteiger partial charge in [0.15, 0.2) is 0 Å². The molecule has 0 aliphatic heterocycles. The predicted octanol–water partition coefficient (Wildman–Crippen LogP) is 2.20. The van der Waals surface area contributed by atoms with Crippen LogP contribution in [0, 0.1) is 5.41 Å². The van der Waals surface area contributed by atoms with E-state index >= 15 is 0 Å². The number of thioether (sulfide) groups is 1. The molecule has 1 amide bonds. The zero-order valence-electron chi connectivity index (χ0n) is 10.8. The lowest BCUT2D eigenvalue weighted by Crippen LogP contribution is -2.41. The van der Waals surface area contributed by atoms with Crippen LogP contribution in [0.5, 0.6) is 0 Å². The van der Waals surface area contributed by atoms with Crippen LogP contribution in [0.15, 0.2) is 0 Å². The molecule has 0 fully saturated rings. The van der Waals surface area contributed by atoms with Crippen molar-refractivity contribution in [2.24, 2.45) is 5.41 Å². The second-order valence-corrected chi connectivity index (χ2v) is 6.31. The van der Waals surface area contributed by atoms with E-state index in [-0.39, 0.29) is 17.8 Å². The van der Waals surface area contributed by atoms with E-state index in [0.29, 0.717) is 18.2 Å². The first-order chi connectivity index (χ1) is 8.03. The van der Waals surface area contributed by atoms with Gasteiger partial charge in [-0.05, 0) is 11.8 Å². The molecule has 0 radical (unpaired) electrons. The fourth-order valence-corrected chi connectivity index (χ4v) is 2.03. The van der Waals surface area contributed by atoms with E-state index in [1.807, 2.05) is 20.8 Å². The Hall–Kier alpha value is -0.430. The molecule has 2 N–H and O–H groups in total. The highest BCUT2D eigenvalue weighted by Gasteiger charge is 2.27. The average molecular weight is 287 g/mol. The van der Waals surface area contributed by atoms with Gasteiger partial charge in [0.05, 0.1) is 24.2 Å². The van der Waals surface area contributed by atoms with E-state index in [0.717, 1.165) is 0 Å². The number of carbonyl (C=O) groups is 1. The SMILES string of the molecule is CC(C)(C)CC(CO)NC(=O)CSCC(F)(F)F. The molecule has 0 aliphatic rings. The number of aliphatic hydroxyl groups excluding tert-OH is 1. The molecule has 1 atom stereocenters. The number of rotatable bonds is 6. The van der Waals surface area contributed by atoms with Crippen molar-refractivity contribution in [2.45, 2.75) is 39.4 Å². The van der Waals surface area contributed by atoms with Crippen LogP contribution in [0.4, 0.5) is 13.2 Å². The van der Waals surface area contributed by atoms with Crippen molar-refractivity contribution in [2.75, 3.05) is 18.1 Å². The van der Waals surface area contributed by atoms with Gasteiger partial charge in [-0.3, -0.25) is 4.79 Å². The summed E-state index contributed by atoms with van der Waals surface area (Å²) < 4.78 is 35.6. The minimum absolute atomic E-state index is 0.0697. The van der Waals surface area contributed by atoms with Crippen LogP contribution < -0.4 is 5.32 Å². The van der Waals surface area contributed by atoms with Crippen LogP contribution in [0.3, 0.4) is 0 Å². The Morgan fingerprint density at radius 3 is 2.28 bits per heavy atom.